The van der Waals surface area contributed by atoms with Crippen LogP contribution >= 0.6 is 22.9 Å². The van der Waals surface area contributed by atoms with Crippen LogP contribution in [0.25, 0.3) is 10.1 Å². The lowest BCUT2D eigenvalue weighted by Crippen LogP contribution is -2.29. The van der Waals surface area contributed by atoms with Crippen LogP contribution in [-0.4, -0.2) is 19.1 Å². The van der Waals surface area contributed by atoms with Crippen molar-refractivity contribution in [3.05, 3.63) is 64.0 Å². The van der Waals surface area contributed by atoms with Crippen molar-refractivity contribution in [1.82, 2.24) is 0 Å². The topological polar surface area (TPSA) is 63.2 Å². The van der Waals surface area contributed by atoms with Crippen LogP contribution in [0, 0.1) is 0 Å². The summed E-state index contributed by atoms with van der Waals surface area (Å²) in [5, 5.41) is 4.09. The number of hydrogen-bond acceptors (Lipinski definition) is 4. The number of sulfone groups is 1. The Kier molecular flexibility index (Phi) is 5.34. The van der Waals surface area contributed by atoms with Crippen molar-refractivity contribution in [2.75, 3.05) is 5.32 Å². The van der Waals surface area contributed by atoms with Crippen molar-refractivity contribution >= 4 is 54.5 Å². The fourth-order valence-electron chi connectivity index (χ4n) is 2.52. The number of benzene rings is 2. The van der Waals surface area contributed by atoms with Crippen LogP contribution in [0.4, 0.5) is 5.69 Å². The number of rotatable bonds is 4. The third kappa shape index (κ3) is 4.18. The smallest absolute Gasteiger partial charge is 0.267 e. The van der Waals surface area contributed by atoms with E-state index < -0.39 is 14.6 Å². The van der Waals surface area contributed by atoms with Gasteiger partial charge in [0, 0.05) is 15.8 Å². The highest BCUT2D eigenvalue weighted by Gasteiger charge is 2.29. The molecule has 0 aliphatic rings. The van der Waals surface area contributed by atoms with Gasteiger partial charge in [-0.05, 0) is 44.5 Å². The van der Waals surface area contributed by atoms with Gasteiger partial charge in [0.2, 0.25) is 0 Å². The Labute approximate surface area is 168 Å². The van der Waals surface area contributed by atoms with E-state index in [4.69, 9.17) is 11.6 Å². The van der Waals surface area contributed by atoms with Crippen LogP contribution in [-0.2, 0) is 15.6 Å². The van der Waals surface area contributed by atoms with Crippen molar-refractivity contribution in [1.29, 1.82) is 0 Å². The molecule has 0 atom stereocenters. The first kappa shape index (κ1) is 19.9. The zero-order valence-electron chi connectivity index (χ0n) is 15.2. The van der Waals surface area contributed by atoms with Crippen molar-refractivity contribution < 1.29 is 13.2 Å². The fraction of sp³-hybridized carbons (Fsp3) is 0.250. The van der Waals surface area contributed by atoms with E-state index in [1.807, 2.05) is 24.3 Å². The van der Waals surface area contributed by atoms with E-state index >= 15 is 0 Å². The number of fused-ring (bicyclic) bond motifs is 1. The standard InChI is InChI=1S/C20H20ClNO3S2/c1-20(2,3)27(24,25)12-13-7-6-8-14(11-13)22-19(23)18-17(21)15-9-4-5-10-16(15)26-18/h4-11H,12H2,1-3H3,(H,22,23). The second-order valence-electron chi connectivity index (χ2n) is 7.27. The lowest BCUT2D eigenvalue weighted by molar-refractivity contribution is 0.103. The lowest BCUT2D eigenvalue weighted by atomic mass is 10.2. The number of nitrogens with one attached hydrogen (secondary N) is 1. The average molecular weight is 422 g/mol. The highest BCUT2D eigenvalue weighted by Crippen LogP contribution is 2.35. The summed E-state index contributed by atoms with van der Waals surface area (Å²) in [5.41, 5.74) is 1.17. The zero-order chi connectivity index (χ0) is 19.8. The summed E-state index contributed by atoms with van der Waals surface area (Å²) in [7, 11) is -3.30. The molecule has 0 saturated carbocycles. The molecule has 0 unspecified atom stereocenters. The van der Waals surface area contributed by atoms with Crippen LogP contribution in [0.2, 0.25) is 5.02 Å². The van der Waals surface area contributed by atoms with Crippen LogP contribution in [0.15, 0.2) is 48.5 Å². The second-order valence-corrected chi connectivity index (χ2v) is 11.4. The highest BCUT2D eigenvalue weighted by molar-refractivity contribution is 7.91. The molecule has 0 aliphatic heterocycles. The van der Waals surface area contributed by atoms with Crippen molar-refractivity contribution in [2.24, 2.45) is 0 Å². The third-order valence-corrected chi connectivity index (χ3v) is 8.47. The molecule has 1 N–H and O–H groups in total. The third-order valence-electron chi connectivity index (χ3n) is 4.22. The molecular formula is C20H20ClNO3S2. The van der Waals surface area contributed by atoms with Crippen molar-refractivity contribution in [3.8, 4) is 0 Å². The minimum Gasteiger partial charge on any atom is -0.321 e. The number of amides is 1. The van der Waals surface area contributed by atoms with E-state index in [-0.39, 0.29) is 11.7 Å². The first-order valence-corrected chi connectivity index (χ1v) is 11.2. The maximum atomic E-state index is 12.7. The fourth-order valence-corrected chi connectivity index (χ4v) is 4.99. The van der Waals surface area contributed by atoms with E-state index in [1.54, 1.807) is 45.0 Å². The molecule has 1 amide bonds. The SMILES string of the molecule is CC(C)(C)S(=O)(=O)Cc1cccc(NC(=O)c2sc3ccccc3c2Cl)c1. The van der Waals surface area contributed by atoms with Gasteiger partial charge in [0.1, 0.15) is 4.88 Å². The largest absolute Gasteiger partial charge is 0.321 e. The molecular weight excluding hydrogens is 402 g/mol. The van der Waals surface area contributed by atoms with Gasteiger partial charge in [-0.2, -0.15) is 0 Å². The molecule has 2 aromatic carbocycles. The predicted octanol–water partition coefficient (Wildman–Crippen LogP) is 5.52. The van der Waals surface area contributed by atoms with Gasteiger partial charge in [-0.3, -0.25) is 4.79 Å². The van der Waals surface area contributed by atoms with Gasteiger partial charge in [0.05, 0.1) is 15.5 Å². The molecule has 0 bridgehead atoms. The number of halogens is 1. The Hall–Kier alpha value is -1.89. The van der Waals surface area contributed by atoms with Gasteiger partial charge < -0.3 is 5.32 Å². The molecule has 1 heterocycles. The lowest BCUT2D eigenvalue weighted by Gasteiger charge is -2.19. The van der Waals surface area contributed by atoms with Crippen LogP contribution in [0.3, 0.4) is 0 Å². The summed E-state index contributed by atoms with van der Waals surface area (Å²) >= 11 is 7.69. The normalized spacial score (nSPS) is 12.3. The summed E-state index contributed by atoms with van der Waals surface area (Å²) in [4.78, 5) is 13.1. The summed E-state index contributed by atoms with van der Waals surface area (Å²) in [6, 6.07) is 14.5. The molecule has 0 saturated heterocycles. The minimum absolute atomic E-state index is 0.0795. The van der Waals surface area contributed by atoms with Crippen molar-refractivity contribution in [2.45, 2.75) is 31.3 Å². The molecule has 1 aromatic heterocycles. The van der Waals surface area contributed by atoms with E-state index in [0.29, 0.717) is 21.2 Å². The van der Waals surface area contributed by atoms with E-state index in [0.717, 1.165) is 10.1 Å². The summed E-state index contributed by atoms with van der Waals surface area (Å²) < 4.78 is 24.9. The first-order valence-electron chi connectivity index (χ1n) is 8.38. The monoisotopic (exact) mass is 421 g/mol. The maximum Gasteiger partial charge on any atom is 0.267 e. The van der Waals surface area contributed by atoms with Gasteiger partial charge in [-0.15, -0.1) is 11.3 Å². The van der Waals surface area contributed by atoms with E-state index in [2.05, 4.69) is 5.32 Å². The molecule has 0 radical (unpaired) electrons. The first-order chi connectivity index (χ1) is 12.6. The molecule has 4 nitrogen and oxygen atoms in total. The Morgan fingerprint density at radius 2 is 1.81 bits per heavy atom. The summed E-state index contributed by atoms with van der Waals surface area (Å²) in [6.45, 7) is 5.03. The summed E-state index contributed by atoms with van der Waals surface area (Å²) in [6.07, 6.45) is 0. The number of carbonyl (C=O) groups excluding carboxylic acids is 1. The number of anilines is 1. The zero-order valence-corrected chi connectivity index (χ0v) is 17.6. The van der Waals surface area contributed by atoms with Crippen LogP contribution in [0.1, 0.15) is 36.0 Å². The molecule has 3 rings (SSSR count). The Bertz CT molecular complexity index is 1110. The average Bonchev–Trinajstić information content (AvgIpc) is 2.91. The molecule has 3 aromatic rings. The van der Waals surface area contributed by atoms with Crippen molar-refractivity contribution in [3.63, 3.8) is 0 Å². The highest BCUT2D eigenvalue weighted by atomic mass is 35.5. The minimum atomic E-state index is -3.30. The Morgan fingerprint density at radius 3 is 2.48 bits per heavy atom. The molecule has 7 heteroatoms. The van der Waals surface area contributed by atoms with E-state index in [1.165, 1.54) is 11.3 Å². The number of carbonyl (C=O) groups is 1. The molecule has 142 valence electrons. The molecule has 0 aliphatic carbocycles. The van der Waals surface area contributed by atoms with Gasteiger partial charge in [-0.1, -0.05) is 41.9 Å². The van der Waals surface area contributed by atoms with Gasteiger partial charge in [0.15, 0.2) is 9.84 Å². The number of hydrogen-bond donors (Lipinski definition) is 1. The number of thiophene rings is 1. The quantitative estimate of drug-likeness (QED) is 0.603. The van der Waals surface area contributed by atoms with Gasteiger partial charge in [-0.25, -0.2) is 8.42 Å². The van der Waals surface area contributed by atoms with Crippen LogP contribution < -0.4 is 5.32 Å². The van der Waals surface area contributed by atoms with Gasteiger partial charge in [0.25, 0.3) is 5.91 Å². The molecule has 0 fully saturated rings. The molecule has 27 heavy (non-hydrogen) atoms. The Morgan fingerprint density at radius 1 is 1.11 bits per heavy atom. The second kappa shape index (κ2) is 7.26. The maximum absolute atomic E-state index is 12.7. The van der Waals surface area contributed by atoms with Gasteiger partial charge >= 0.3 is 0 Å². The van der Waals surface area contributed by atoms with Crippen LogP contribution in [0.5, 0.6) is 0 Å². The summed E-state index contributed by atoms with van der Waals surface area (Å²) in [5.74, 6) is -0.388. The van der Waals surface area contributed by atoms with E-state index in [9.17, 15) is 13.2 Å². The Balaban J connectivity index is 1.84. The predicted molar refractivity (Wildman–Crippen MR) is 114 cm³/mol. The molecule has 0 spiro atoms.